The Bertz CT molecular complexity index is 276. The van der Waals surface area contributed by atoms with Gasteiger partial charge in [-0.1, -0.05) is 19.3 Å². The Morgan fingerprint density at radius 1 is 1.00 bits per heavy atom. The van der Waals surface area contributed by atoms with Crippen LogP contribution >= 0.6 is 0 Å². The maximum absolute atomic E-state index is 9.82. The number of piperazine rings is 1. The van der Waals surface area contributed by atoms with Crippen molar-refractivity contribution >= 4 is 0 Å². The summed E-state index contributed by atoms with van der Waals surface area (Å²) in [5.74, 6) is 0. The van der Waals surface area contributed by atoms with Crippen LogP contribution in [0.1, 0.15) is 44.9 Å². The lowest BCUT2D eigenvalue weighted by Gasteiger charge is -2.44. The Balaban J connectivity index is 1.58. The summed E-state index contributed by atoms with van der Waals surface area (Å²) in [4.78, 5) is 5.32. The van der Waals surface area contributed by atoms with Gasteiger partial charge in [0.1, 0.15) is 0 Å². The van der Waals surface area contributed by atoms with E-state index < -0.39 is 0 Å². The summed E-state index contributed by atoms with van der Waals surface area (Å²) in [5.41, 5.74) is 0.235. The Morgan fingerprint density at radius 2 is 1.83 bits per heavy atom. The average molecular weight is 252 g/mol. The number of hydrogen-bond donors (Lipinski definition) is 1. The van der Waals surface area contributed by atoms with Gasteiger partial charge in [-0.25, -0.2) is 0 Å². The van der Waals surface area contributed by atoms with Crippen LogP contribution in [-0.4, -0.2) is 60.3 Å². The molecule has 104 valence electrons. The lowest BCUT2D eigenvalue weighted by atomic mass is 9.74. The third kappa shape index (κ3) is 2.59. The highest BCUT2D eigenvalue weighted by Crippen LogP contribution is 2.37. The average Bonchev–Trinajstić information content (AvgIpc) is 2.87. The molecule has 0 radical (unpaired) electrons. The Labute approximate surface area is 111 Å². The van der Waals surface area contributed by atoms with Crippen molar-refractivity contribution in [1.82, 2.24) is 9.80 Å². The van der Waals surface area contributed by atoms with Gasteiger partial charge < -0.3 is 5.11 Å². The molecule has 1 aliphatic carbocycles. The van der Waals surface area contributed by atoms with Crippen LogP contribution in [0.25, 0.3) is 0 Å². The van der Waals surface area contributed by atoms with Crippen molar-refractivity contribution in [1.29, 1.82) is 0 Å². The van der Waals surface area contributed by atoms with Crippen molar-refractivity contribution in [2.24, 2.45) is 5.41 Å². The first-order valence-electron chi connectivity index (χ1n) is 7.89. The molecule has 3 fully saturated rings. The Kier molecular flexibility index (Phi) is 3.92. The summed E-state index contributed by atoms with van der Waals surface area (Å²) in [6, 6.07) is 0.818. The van der Waals surface area contributed by atoms with Crippen LogP contribution in [0.3, 0.4) is 0 Å². The molecule has 2 aliphatic heterocycles. The fourth-order valence-electron chi connectivity index (χ4n) is 4.34. The summed E-state index contributed by atoms with van der Waals surface area (Å²) in [5, 5.41) is 9.82. The van der Waals surface area contributed by atoms with Crippen LogP contribution in [0, 0.1) is 5.41 Å². The van der Waals surface area contributed by atoms with E-state index >= 15 is 0 Å². The summed E-state index contributed by atoms with van der Waals surface area (Å²) in [6.07, 6.45) is 9.29. The van der Waals surface area contributed by atoms with Crippen molar-refractivity contribution < 1.29 is 5.11 Å². The lowest BCUT2D eigenvalue weighted by Crippen LogP contribution is -2.53. The molecule has 0 aromatic rings. The van der Waals surface area contributed by atoms with Gasteiger partial charge in [0.05, 0.1) is 0 Å². The predicted octanol–water partition coefficient (Wildman–Crippen LogP) is 1.71. The highest BCUT2D eigenvalue weighted by Gasteiger charge is 2.37. The Morgan fingerprint density at radius 3 is 2.61 bits per heavy atom. The van der Waals surface area contributed by atoms with Gasteiger partial charge in [-0.15, -0.1) is 0 Å². The van der Waals surface area contributed by atoms with Gasteiger partial charge in [0.15, 0.2) is 0 Å². The molecule has 1 N–H and O–H groups in total. The van der Waals surface area contributed by atoms with Gasteiger partial charge in [0.25, 0.3) is 0 Å². The fraction of sp³-hybridized carbons (Fsp3) is 1.00. The second kappa shape index (κ2) is 5.48. The minimum absolute atomic E-state index is 0.235. The number of aliphatic hydroxyl groups is 1. The van der Waals surface area contributed by atoms with E-state index in [2.05, 4.69) is 9.80 Å². The summed E-state index contributed by atoms with van der Waals surface area (Å²) in [7, 11) is 0. The van der Waals surface area contributed by atoms with E-state index in [9.17, 15) is 5.11 Å². The minimum Gasteiger partial charge on any atom is -0.396 e. The minimum atomic E-state index is 0.235. The predicted molar refractivity (Wildman–Crippen MR) is 73.6 cm³/mol. The molecule has 3 heteroatoms. The molecule has 1 unspecified atom stereocenters. The third-order valence-corrected chi connectivity index (χ3v) is 5.48. The molecule has 3 aliphatic rings. The monoisotopic (exact) mass is 252 g/mol. The molecule has 0 bridgehead atoms. The first-order valence-corrected chi connectivity index (χ1v) is 7.89. The van der Waals surface area contributed by atoms with Crippen molar-refractivity contribution in [2.75, 3.05) is 39.3 Å². The van der Waals surface area contributed by atoms with Gasteiger partial charge in [0.2, 0.25) is 0 Å². The van der Waals surface area contributed by atoms with Crippen molar-refractivity contribution in [3.05, 3.63) is 0 Å². The van der Waals surface area contributed by atoms with Crippen LogP contribution in [0.4, 0.5) is 0 Å². The maximum Gasteiger partial charge on any atom is 0.0499 e. The SMILES string of the molecule is OCC1(CN2CCN3CCCC3C2)CCCCC1. The molecule has 1 saturated carbocycles. The van der Waals surface area contributed by atoms with Crippen LogP contribution in [-0.2, 0) is 0 Å². The highest BCUT2D eigenvalue weighted by molar-refractivity contribution is 4.91. The third-order valence-electron chi connectivity index (χ3n) is 5.48. The van der Waals surface area contributed by atoms with Gasteiger partial charge >= 0.3 is 0 Å². The standard InChI is InChI=1S/C15H28N2O/c18-13-15(6-2-1-3-7-15)12-16-9-10-17-8-4-5-14(17)11-16/h14,18H,1-13H2. The molecular formula is C15H28N2O. The molecular weight excluding hydrogens is 224 g/mol. The fourth-order valence-corrected chi connectivity index (χ4v) is 4.34. The summed E-state index contributed by atoms with van der Waals surface area (Å²) >= 11 is 0. The number of aliphatic hydroxyl groups excluding tert-OH is 1. The number of rotatable bonds is 3. The molecule has 0 spiro atoms. The zero-order valence-corrected chi connectivity index (χ0v) is 11.6. The largest absolute Gasteiger partial charge is 0.396 e. The van der Waals surface area contributed by atoms with E-state index in [1.807, 2.05) is 0 Å². The van der Waals surface area contributed by atoms with E-state index in [0.29, 0.717) is 6.61 Å². The van der Waals surface area contributed by atoms with E-state index in [-0.39, 0.29) is 5.41 Å². The topological polar surface area (TPSA) is 26.7 Å². The number of nitrogens with zero attached hydrogens (tertiary/aromatic N) is 2. The molecule has 18 heavy (non-hydrogen) atoms. The quantitative estimate of drug-likeness (QED) is 0.828. The smallest absolute Gasteiger partial charge is 0.0499 e. The van der Waals surface area contributed by atoms with E-state index in [4.69, 9.17) is 0 Å². The summed E-state index contributed by atoms with van der Waals surface area (Å²) in [6.45, 7) is 6.60. The van der Waals surface area contributed by atoms with E-state index in [1.165, 1.54) is 71.1 Å². The van der Waals surface area contributed by atoms with Gasteiger partial charge in [0, 0.05) is 44.2 Å². The van der Waals surface area contributed by atoms with Crippen LogP contribution in [0.5, 0.6) is 0 Å². The zero-order chi connectivity index (χ0) is 12.4. The molecule has 0 aromatic carbocycles. The molecule has 0 aromatic heterocycles. The van der Waals surface area contributed by atoms with Crippen molar-refractivity contribution in [3.63, 3.8) is 0 Å². The highest BCUT2D eigenvalue weighted by atomic mass is 16.3. The molecule has 2 heterocycles. The first-order chi connectivity index (χ1) is 8.81. The van der Waals surface area contributed by atoms with Crippen LogP contribution in [0.15, 0.2) is 0 Å². The zero-order valence-electron chi connectivity index (χ0n) is 11.6. The molecule has 1 atom stereocenters. The van der Waals surface area contributed by atoms with Gasteiger partial charge in [-0.3, -0.25) is 9.80 Å². The first kappa shape index (κ1) is 12.9. The number of fused-ring (bicyclic) bond motifs is 1. The van der Waals surface area contributed by atoms with Gasteiger partial charge in [-0.05, 0) is 32.2 Å². The normalized spacial score (nSPS) is 33.5. The van der Waals surface area contributed by atoms with Crippen molar-refractivity contribution in [2.45, 2.75) is 51.0 Å². The molecule has 0 amide bonds. The Hall–Kier alpha value is -0.120. The second-order valence-electron chi connectivity index (χ2n) is 6.79. The maximum atomic E-state index is 9.82. The summed E-state index contributed by atoms with van der Waals surface area (Å²) < 4.78 is 0. The van der Waals surface area contributed by atoms with Crippen molar-refractivity contribution in [3.8, 4) is 0 Å². The van der Waals surface area contributed by atoms with Gasteiger partial charge in [-0.2, -0.15) is 0 Å². The van der Waals surface area contributed by atoms with Crippen LogP contribution < -0.4 is 0 Å². The van der Waals surface area contributed by atoms with E-state index in [0.717, 1.165) is 12.6 Å². The number of hydrogen-bond acceptors (Lipinski definition) is 3. The lowest BCUT2D eigenvalue weighted by molar-refractivity contribution is 0.0129. The molecule has 3 nitrogen and oxygen atoms in total. The molecule has 3 rings (SSSR count). The van der Waals surface area contributed by atoms with E-state index in [1.54, 1.807) is 0 Å². The second-order valence-corrected chi connectivity index (χ2v) is 6.79. The molecule has 2 saturated heterocycles. The van der Waals surface area contributed by atoms with Crippen LogP contribution in [0.2, 0.25) is 0 Å².